The molecule has 120 valence electrons. The first-order chi connectivity index (χ1) is 10.1. The summed E-state index contributed by atoms with van der Waals surface area (Å²) in [5.74, 6) is -0.593. The molecule has 0 aromatic carbocycles. The maximum Gasteiger partial charge on any atom is 0.317 e. The highest BCUT2D eigenvalue weighted by molar-refractivity contribution is 5.74. The van der Waals surface area contributed by atoms with Gasteiger partial charge in [-0.1, -0.05) is 0 Å². The predicted molar refractivity (Wildman–Crippen MR) is 74.9 cm³/mol. The molecule has 1 unspecified atom stereocenters. The molecule has 2 rings (SSSR count). The summed E-state index contributed by atoms with van der Waals surface area (Å²) in [5, 5.41) is 21.1. The Labute approximate surface area is 124 Å². The van der Waals surface area contributed by atoms with Crippen molar-refractivity contribution in [2.24, 2.45) is 11.8 Å². The Bertz CT molecular complexity index is 368. The van der Waals surface area contributed by atoms with Gasteiger partial charge >= 0.3 is 12.0 Å². The number of amides is 2. The summed E-state index contributed by atoms with van der Waals surface area (Å²) in [6.45, 7) is 1.82. The smallest absolute Gasteiger partial charge is 0.317 e. The lowest BCUT2D eigenvalue weighted by atomic mass is 9.82. The van der Waals surface area contributed by atoms with E-state index in [-0.39, 0.29) is 24.6 Å². The largest absolute Gasteiger partial charge is 0.481 e. The van der Waals surface area contributed by atoms with E-state index < -0.39 is 5.97 Å². The molecule has 1 saturated carbocycles. The molecule has 0 bridgehead atoms. The zero-order chi connectivity index (χ0) is 15.2. The molecule has 3 N–H and O–H groups in total. The van der Waals surface area contributed by atoms with Crippen molar-refractivity contribution >= 4 is 12.0 Å². The number of carboxylic acid groups (broad SMARTS) is 1. The Balaban J connectivity index is 1.73. The van der Waals surface area contributed by atoms with Gasteiger partial charge in [-0.3, -0.25) is 4.79 Å². The normalized spacial score (nSPS) is 30.0. The van der Waals surface area contributed by atoms with Gasteiger partial charge in [0.25, 0.3) is 0 Å². The number of carboxylic acids is 1. The number of carbonyl (C=O) groups is 2. The minimum absolute atomic E-state index is 0.100. The van der Waals surface area contributed by atoms with Crippen LogP contribution in [-0.2, 0) is 9.53 Å². The first-order valence-electron chi connectivity index (χ1n) is 7.57. The highest BCUT2D eigenvalue weighted by Crippen LogP contribution is 2.28. The van der Waals surface area contributed by atoms with Crippen molar-refractivity contribution in [3.63, 3.8) is 0 Å². The Hall–Kier alpha value is -1.34. The lowest BCUT2D eigenvalue weighted by molar-refractivity contribution is -0.143. The number of carbonyl (C=O) groups excluding carboxylic acids is 1. The fourth-order valence-electron chi connectivity index (χ4n) is 3.02. The average Bonchev–Trinajstić information content (AvgIpc) is 2.52. The summed E-state index contributed by atoms with van der Waals surface area (Å²) >= 11 is 0. The third-order valence-electron chi connectivity index (χ3n) is 4.44. The number of urea groups is 1. The number of hydrogen-bond donors (Lipinski definition) is 3. The minimum Gasteiger partial charge on any atom is -0.481 e. The molecule has 0 spiro atoms. The molecule has 21 heavy (non-hydrogen) atoms. The van der Waals surface area contributed by atoms with Crippen LogP contribution < -0.4 is 5.32 Å². The Morgan fingerprint density at radius 2 is 1.95 bits per heavy atom. The molecule has 2 fully saturated rings. The van der Waals surface area contributed by atoms with Gasteiger partial charge in [0, 0.05) is 13.1 Å². The quantitative estimate of drug-likeness (QED) is 0.692. The molecule has 0 aromatic rings. The summed E-state index contributed by atoms with van der Waals surface area (Å²) in [6.07, 6.45) is 3.05. The lowest BCUT2D eigenvalue weighted by Crippen LogP contribution is -2.54. The van der Waals surface area contributed by atoms with Crippen LogP contribution in [0.1, 0.15) is 25.7 Å². The van der Waals surface area contributed by atoms with Gasteiger partial charge in [-0.25, -0.2) is 4.79 Å². The number of aliphatic carboxylic acids is 1. The van der Waals surface area contributed by atoms with Crippen LogP contribution in [0.2, 0.25) is 0 Å². The third kappa shape index (κ3) is 4.31. The van der Waals surface area contributed by atoms with E-state index in [4.69, 9.17) is 9.84 Å². The van der Waals surface area contributed by atoms with Crippen LogP contribution in [0.5, 0.6) is 0 Å². The van der Waals surface area contributed by atoms with Gasteiger partial charge in [-0.2, -0.15) is 0 Å². The van der Waals surface area contributed by atoms with Gasteiger partial charge in [0.05, 0.1) is 31.8 Å². The summed E-state index contributed by atoms with van der Waals surface area (Å²) < 4.78 is 5.24. The molecule has 2 aliphatic rings. The van der Waals surface area contributed by atoms with Crippen molar-refractivity contribution in [1.82, 2.24) is 10.2 Å². The van der Waals surface area contributed by atoms with E-state index >= 15 is 0 Å². The summed E-state index contributed by atoms with van der Waals surface area (Å²) in [5.41, 5.74) is 0. The molecule has 1 aliphatic heterocycles. The minimum atomic E-state index is -0.711. The SMILES string of the molecule is O=C(O)C1CCC(CNC(=O)N2CCOCC2CO)CC1. The fraction of sp³-hybridized carbons (Fsp3) is 0.857. The average molecular weight is 300 g/mol. The Morgan fingerprint density at radius 3 is 2.57 bits per heavy atom. The predicted octanol–water partition coefficient (Wildman–Crippen LogP) is 0.280. The van der Waals surface area contributed by atoms with Gasteiger partial charge in [-0.05, 0) is 31.6 Å². The van der Waals surface area contributed by atoms with Crippen LogP contribution in [0, 0.1) is 11.8 Å². The van der Waals surface area contributed by atoms with E-state index in [1.807, 2.05) is 0 Å². The summed E-state index contributed by atoms with van der Waals surface area (Å²) in [7, 11) is 0. The van der Waals surface area contributed by atoms with Crippen LogP contribution in [-0.4, -0.2) is 66.1 Å². The first-order valence-corrected chi connectivity index (χ1v) is 7.57. The van der Waals surface area contributed by atoms with E-state index in [0.717, 1.165) is 12.8 Å². The van der Waals surface area contributed by atoms with Crippen molar-refractivity contribution in [1.29, 1.82) is 0 Å². The molecule has 7 heteroatoms. The van der Waals surface area contributed by atoms with Crippen LogP contribution in [0.25, 0.3) is 0 Å². The van der Waals surface area contributed by atoms with Crippen LogP contribution in [0.15, 0.2) is 0 Å². The number of nitrogens with zero attached hydrogens (tertiary/aromatic N) is 1. The number of hydrogen-bond acceptors (Lipinski definition) is 4. The van der Waals surface area contributed by atoms with Gasteiger partial charge in [-0.15, -0.1) is 0 Å². The zero-order valence-corrected chi connectivity index (χ0v) is 12.2. The number of rotatable bonds is 4. The number of aliphatic hydroxyl groups excluding tert-OH is 1. The van der Waals surface area contributed by atoms with Crippen LogP contribution >= 0.6 is 0 Å². The maximum atomic E-state index is 12.1. The van der Waals surface area contributed by atoms with E-state index in [2.05, 4.69) is 5.32 Å². The number of nitrogens with one attached hydrogen (secondary N) is 1. The molecule has 1 atom stereocenters. The van der Waals surface area contributed by atoms with Crippen molar-refractivity contribution < 1.29 is 24.5 Å². The highest BCUT2D eigenvalue weighted by Gasteiger charge is 2.29. The fourth-order valence-corrected chi connectivity index (χ4v) is 3.02. The third-order valence-corrected chi connectivity index (χ3v) is 4.44. The molecule has 0 radical (unpaired) electrons. The Morgan fingerprint density at radius 1 is 1.24 bits per heavy atom. The first kappa shape index (κ1) is 16.0. The van der Waals surface area contributed by atoms with E-state index in [1.54, 1.807) is 4.90 Å². The van der Waals surface area contributed by atoms with Crippen molar-refractivity contribution in [2.75, 3.05) is 32.9 Å². The molecular formula is C14H24N2O5. The van der Waals surface area contributed by atoms with Crippen LogP contribution in [0.3, 0.4) is 0 Å². The molecule has 1 aliphatic carbocycles. The topological polar surface area (TPSA) is 99.1 Å². The highest BCUT2D eigenvalue weighted by atomic mass is 16.5. The van der Waals surface area contributed by atoms with Gasteiger partial charge < -0.3 is 25.2 Å². The monoisotopic (exact) mass is 300 g/mol. The van der Waals surface area contributed by atoms with Crippen molar-refractivity contribution in [2.45, 2.75) is 31.7 Å². The number of ether oxygens (including phenoxy) is 1. The maximum absolute atomic E-state index is 12.1. The van der Waals surface area contributed by atoms with E-state index in [1.165, 1.54) is 0 Å². The number of morpholine rings is 1. The molecule has 1 heterocycles. The second-order valence-electron chi connectivity index (χ2n) is 5.85. The lowest BCUT2D eigenvalue weighted by Gasteiger charge is -2.35. The molecule has 2 amide bonds. The molecular weight excluding hydrogens is 276 g/mol. The summed E-state index contributed by atoms with van der Waals surface area (Å²) in [4.78, 5) is 24.6. The Kier molecular flexibility index (Phi) is 5.81. The van der Waals surface area contributed by atoms with Gasteiger partial charge in [0.1, 0.15) is 0 Å². The second kappa shape index (κ2) is 7.61. The number of aliphatic hydroxyl groups is 1. The standard InChI is InChI=1S/C14H24N2O5/c17-8-12-9-21-6-5-16(12)14(20)15-7-10-1-3-11(4-2-10)13(18)19/h10-12,17H,1-9H2,(H,15,20)(H,18,19). The van der Waals surface area contributed by atoms with Crippen molar-refractivity contribution in [3.8, 4) is 0 Å². The van der Waals surface area contributed by atoms with Crippen molar-refractivity contribution in [3.05, 3.63) is 0 Å². The van der Waals surface area contributed by atoms with Gasteiger partial charge in [0.2, 0.25) is 0 Å². The van der Waals surface area contributed by atoms with E-state index in [9.17, 15) is 14.7 Å². The second-order valence-corrected chi connectivity index (χ2v) is 5.85. The molecule has 0 aromatic heterocycles. The van der Waals surface area contributed by atoms with E-state index in [0.29, 0.717) is 45.1 Å². The van der Waals surface area contributed by atoms with Gasteiger partial charge in [0.15, 0.2) is 0 Å². The zero-order valence-electron chi connectivity index (χ0n) is 12.2. The summed E-state index contributed by atoms with van der Waals surface area (Å²) in [6, 6.07) is -0.445. The molecule has 7 nitrogen and oxygen atoms in total. The molecule has 1 saturated heterocycles. The van der Waals surface area contributed by atoms with Crippen LogP contribution in [0.4, 0.5) is 4.79 Å².